The van der Waals surface area contributed by atoms with Gasteiger partial charge >= 0.3 is 0 Å². The molecule has 6 heteroatoms. The van der Waals surface area contributed by atoms with Gasteiger partial charge in [0.25, 0.3) is 5.91 Å². The minimum absolute atomic E-state index is 0.0194. The Morgan fingerprint density at radius 3 is 2.77 bits per heavy atom. The van der Waals surface area contributed by atoms with Crippen molar-refractivity contribution >= 4 is 34.3 Å². The van der Waals surface area contributed by atoms with Gasteiger partial charge in [0.05, 0.1) is 0 Å². The topological polar surface area (TPSA) is 65.2 Å². The number of hydrogen-bond acceptors (Lipinski definition) is 2. The van der Waals surface area contributed by atoms with Crippen molar-refractivity contribution in [3.05, 3.63) is 46.6 Å². The van der Waals surface area contributed by atoms with Gasteiger partial charge in [-0.25, -0.2) is 0 Å². The zero-order valence-corrected chi connectivity index (χ0v) is 18.1. The van der Waals surface area contributed by atoms with Crippen LogP contribution in [-0.4, -0.2) is 41.3 Å². The fraction of sp³-hybridized carbons (Fsp3) is 0.500. The van der Waals surface area contributed by atoms with Gasteiger partial charge in [-0.05, 0) is 75.1 Å². The van der Waals surface area contributed by atoms with E-state index >= 15 is 0 Å². The lowest BCUT2D eigenvalue weighted by atomic mass is 9.93. The number of nitrogens with one attached hydrogen (secondary N) is 2. The number of allylic oxidation sites excluding steroid dienone is 1. The van der Waals surface area contributed by atoms with E-state index in [1.54, 1.807) is 0 Å². The SMILES string of the molecule is O=C(CC1CCN(C(=O)c2cc3cc(Cl)ccc3[nH]2)CC1)NCCC1=CCCCC1. The smallest absolute Gasteiger partial charge is 0.270 e. The van der Waals surface area contributed by atoms with Crippen molar-refractivity contribution in [2.45, 2.75) is 51.4 Å². The van der Waals surface area contributed by atoms with Gasteiger partial charge in [0, 0.05) is 42.0 Å². The lowest BCUT2D eigenvalue weighted by molar-refractivity contribution is -0.122. The first-order valence-corrected chi connectivity index (χ1v) is 11.5. The number of benzene rings is 1. The molecular weight excluding hydrogens is 398 g/mol. The fourth-order valence-corrected chi connectivity index (χ4v) is 4.74. The summed E-state index contributed by atoms with van der Waals surface area (Å²) in [6, 6.07) is 7.44. The standard InChI is InChI=1S/C24H30ClN3O2/c25-20-6-7-21-19(15-20)16-22(27-21)24(30)28-12-9-18(10-13-28)14-23(29)26-11-8-17-4-2-1-3-5-17/h4,6-7,15-16,18,27H,1-3,5,8-14H2,(H,26,29). The molecule has 0 unspecified atom stereocenters. The first-order chi connectivity index (χ1) is 14.6. The van der Waals surface area contributed by atoms with E-state index in [1.807, 2.05) is 29.2 Å². The number of nitrogens with zero attached hydrogens (tertiary/aromatic N) is 1. The molecule has 2 aliphatic rings. The van der Waals surface area contributed by atoms with Crippen molar-refractivity contribution in [3.63, 3.8) is 0 Å². The molecule has 0 saturated carbocycles. The van der Waals surface area contributed by atoms with Gasteiger partial charge in [0.2, 0.25) is 5.91 Å². The molecule has 160 valence electrons. The lowest BCUT2D eigenvalue weighted by Crippen LogP contribution is -2.39. The number of halogens is 1. The van der Waals surface area contributed by atoms with Crippen LogP contribution in [0.4, 0.5) is 0 Å². The summed E-state index contributed by atoms with van der Waals surface area (Å²) in [4.78, 5) is 30.2. The maximum absolute atomic E-state index is 12.9. The minimum Gasteiger partial charge on any atom is -0.356 e. The van der Waals surface area contributed by atoms with Gasteiger partial charge in [-0.15, -0.1) is 0 Å². The zero-order valence-electron chi connectivity index (χ0n) is 17.4. The quantitative estimate of drug-likeness (QED) is 0.632. The van der Waals surface area contributed by atoms with Crippen LogP contribution in [0.25, 0.3) is 10.9 Å². The number of carbonyl (C=O) groups is 2. The Morgan fingerprint density at radius 1 is 1.17 bits per heavy atom. The molecule has 0 bridgehead atoms. The lowest BCUT2D eigenvalue weighted by Gasteiger charge is -2.31. The number of rotatable bonds is 6. The molecule has 0 atom stereocenters. The van der Waals surface area contributed by atoms with Crippen LogP contribution in [-0.2, 0) is 4.79 Å². The third-order valence-electron chi connectivity index (χ3n) is 6.34. The van der Waals surface area contributed by atoms with E-state index in [1.165, 1.54) is 31.3 Å². The highest BCUT2D eigenvalue weighted by Gasteiger charge is 2.26. The summed E-state index contributed by atoms with van der Waals surface area (Å²) in [6.07, 6.45) is 10.6. The highest BCUT2D eigenvalue weighted by atomic mass is 35.5. The van der Waals surface area contributed by atoms with Gasteiger partial charge < -0.3 is 15.2 Å². The molecule has 0 radical (unpaired) electrons. The number of piperidine rings is 1. The molecule has 5 nitrogen and oxygen atoms in total. The predicted octanol–water partition coefficient (Wildman–Crippen LogP) is 5.07. The summed E-state index contributed by atoms with van der Waals surface area (Å²) in [6.45, 7) is 2.13. The number of hydrogen-bond donors (Lipinski definition) is 2. The van der Waals surface area contributed by atoms with E-state index in [0.29, 0.717) is 36.1 Å². The summed E-state index contributed by atoms with van der Waals surface area (Å²) in [5.74, 6) is 0.513. The first-order valence-electron chi connectivity index (χ1n) is 11.1. The molecule has 2 N–H and O–H groups in total. The van der Waals surface area contributed by atoms with Crippen molar-refractivity contribution < 1.29 is 9.59 Å². The van der Waals surface area contributed by atoms with Gasteiger partial charge in [0.15, 0.2) is 0 Å². The molecule has 1 saturated heterocycles. The maximum atomic E-state index is 12.9. The molecule has 1 fully saturated rings. The number of amides is 2. The highest BCUT2D eigenvalue weighted by Crippen LogP contribution is 2.25. The average Bonchev–Trinajstić information content (AvgIpc) is 3.18. The second kappa shape index (κ2) is 9.69. The van der Waals surface area contributed by atoms with Crippen LogP contribution in [0.2, 0.25) is 5.02 Å². The molecule has 1 aromatic carbocycles. The van der Waals surface area contributed by atoms with Crippen molar-refractivity contribution in [1.82, 2.24) is 15.2 Å². The van der Waals surface area contributed by atoms with Gasteiger partial charge in [-0.2, -0.15) is 0 Å². The molecule has 2 aromatic rings. The number of aromatic nitrogens is 1. The van der Waals surface area contributed by atoms with Crippen molar-refractivity contribution in [2.75, 3.05) is 19.6 Å². The maximum Gasteiger partial charge on any atom is 0.270 e. The van der Waals surface area contributed by atoms with Gasteiger partial charge in [-0.1, -0.05) is 23.3 Å². The molecular formula is C24H30ClN3O2. The number of likely N-dealkylation sites (tertiary alicyclic amines) is 1. The second-order valence-corrected chi connectivity index (χ2v) is 9.00. The predicted molar refractivity (Wildman–Crippen MR) is 121 cm³/mol. The van der Waals surface area contributed by atoms with Crippen LogP contribution < -0.4 is 5.32 Å². The van der Waals surface area contributed by atoms with Crippen LogP contribution >= 0.6 is 11.6 Å². The van der Waals surface area contributed by atoms with Gasteiger partial charge in [0.1, 0.15) is 5.69 Å². The van der Waals surface area contributed by atoms with E-state index in [9.17, 15) is 9.59 Å². The summed E-state index contributed by atoms with van der Waals surface area (Å²) < 4.78 is 0. The summed E-state index contributed by atoms with van der Waals surface area (Å²) in [5, 5.41) is 4.69. The van der Waals surface area contributed by atoms with E-state index in [2.05, 4.69) is 16.4 Å². The normalized spacial score (nSPS) is 17.8. The van der Waals surface area contributed by atoms with Crippen molar-refractivity contribution in [1.29, 1.82) is 0 Å². The third-order valence-corrected chi connectivity index (χ3v) is 6.58. The van der Waals surface area contributed by atoms with Crippen molar-refractivity contribution in [3.8, 4) is 0 Å². The highest BCUT2D eigenvalue weighted by molar-refractivity contribution is 6.31. The fourth-order valence-electron chi connectivity index (χ4n) is 4.56. The molecule has 1 aliphatic carbocycles. The molecule has 1 aliphatic heterocycles. The Balaban J connectivity index is 1.21. The molecule has 1 aromatic heterocycles. The van der Waals surface area contributed by atoms with Crippen LogP contribution in [0.1, 0.15) is 61.9 Å². The first kappa shape index (κ1) is 21.0. The van der Waals surface area contributed by atoms with E-state index in [4.69, 9.17) is 11.6 Å². The van der Waals surface area contributed by atoms with E-state index < -0.39 is 0 Å². The Labute approximate surface area is 182 Å². The number of carbonyl (C=O) groups excluding carboxylic acids is 2. The van der Waals surface area contributed by atoms with Crippen molar-refractivity contribution in [2.24, 2.45) is 5.92 Å². The Kier molecular flexibility index (Phi) is 6.78. The molecule has 0 spiro atoms. The Hall–Kier alpha value is -2.27. The largest absolute Gasteiger partial charge is 0.356 e. The zero-order chi connectivity index (χ0) is 20.9. The number of fused-ring (bicyclic) bond motifs is 1. The summed E-state index contributed by atoms with van der Waals surface area (Å²) in [7, 11) is 0. The summed E-state index contributed by atoms with van der Waals surface area (Å²) >= 11 is 6.04. The summed E-state index contributed by atoms with van der Waals surface area (Å²) in [5.41, 5.74) is 3.01. The number of aromatic amines is 1. The third kappa shape index (κ3) is 5.25. The van der Waals surface area contributed by atoms with Crippen LogP contribution in [0.5, 0.6) is 0 Å². The average molecular weight is 428 g/mol. The minimum atomic E-state index is 0.0194. The van der Waals surface area contributed by atoms with Gasteiger partial charge in [-0.3, -0.25) is 9.59 Å². The second-order valence-electron chi connectivity index (χ2n) is 8.56. The van der Waals surface area contributed by atoms with E-state index in [0.717, 1.165) is 36.7 Å². The monoisotopic (exact) mass is 427 g/mol. The Bertz CT molecular complexity index is 941. The van der Waals surface area contributed by atoms with E-state index in [-0.39, 0.29) is 11.8 Å². The van der Waals surface area contributed by atoms with Crippen LogP contribution in [0.15, 0.2) is 35.9 Å². The Morgan fingerprint density at radius 2 is 2.00 bits per heavy atom. The molecule has 4 rings (SSSR count). The molecule has 2 heterocycles. The molecule has 2 amide bonds. The molecule has 30 heavy (non-hydrogen) atoms. The van der Waals surface area contributed by atoms with Crippen LogP contribution in [0, 0.1) is 5.92 Å². The van der Waals surface area contributed by atoms with Crippen LogP contribution in [0.3, 0.4) is 0 Å². The number of H-pyrrole nitrogens is 1.